The molecule has 0 bridgehead atoms. The minimum absolute atomic E-state index is 0.326. The van der Waals surface area contributed by atoms with Crippen molar-refractivity contribution in [3.8, 4) is 0 Å². The van der Waals surface area contributed by atoms with E-state index < -0.39 is 0 Å². The summed E-state index contributed by atoms with van der Waals surface area (Å²) in [6.07, 6.45) is 1.06. The lowest BCUT2D eigenvalue weighted by Gasteiger charge is -2.17. The molecule has 18 heavy (non-hydrogen) atoms. The number of thiophene rings is 1. The van der Waals surface area contributed by atoms with Crippen LogP contribution in [0.25, 0.3) is 10.2 Å². The molecule has 0 amide bonds. The molecule has 0 aromatic carbocycles. The fourth-order valence-electron chi connectivity index (χ4n) is 1.74. The number of fused-ring (bicyclic) bond motifs is 1. The van der Waals surface area contributed by atoms with Crippen molar-refractivity contribution in [3.63, 3.8) is 0 Å². The Morgan fingerprint density at radius 2 is 2.22 bits per heavy atom. The number of aromatic nitrogens is 2. The average molecular weight is 265 g/mol. The molecule has 3 N–H and O–H groups in total. The summed E-state index contributed by atoms with van der Waals surface area (Å²) >= 11 is 1.58. The lowest BCUT2D eigenvalue weighted by molar-refractivity contribution is 0.390. The summed E-state index contributed by atoms with van der Waals surface area (Å²) in [5, 5.41) is 6.47. The molecule has 2 heterocycles. The Hall–Kier alpha value is -1.40. The average Bonchev–Trinajstić information content (AvgIpc) is 2.74. The van der Waals surface area contributed by atoms with Crippen molar-refractivity contribution in [1.29, 1.82) is 0 Å². The molecular formula is C12H19N5S. The minimum atomic E-state index is 0.326. The van der Waals surface area contributed by atoms with E-state index in [1.54, 1.807) is 11.3 Å². The monoisotopic (exact) mass is 265 g/mol. The highest BCUT2D eigenvalue weighted by Crippen LogP contribution is 2.26. The standard InChI is InChI=1S/C12H19N5S/c1-8(4-6-17(2)3)14-10-9-5-7-18-11(9)16-12(13)15-10/h5,7-8H,4,6H2,1-3H3,(H3,13,14,15,16). The Morgan fingerprint density at radius 3 is 2.94 bits per heavy atom. The number of anilines is 2. The van der Waals surface area contributed by atoms with Crippen LogP contribution in [-0.4, -0.2) is 41.5 Å². The molecule has 0 aliphatic carbocycles. The first-order valence-electron chi connectivity index (χ1n) is 5.98. The number of hydrogen-bond donors (Lipinski definition) is 2. The van der Waals surface area contributed by atoms with Crippen LogP contribution in [-0.2, 0) is 0 Å². The molecular weight excluding hydrogens is 246 g/mol. The first kappa shape index (κ1) is 13.0. The summed E-state index contributed by atoms with van der Waals surface area (Å²) in [7, 11) is 4.15. The third-order valence-electron chi connectivity index (χ3n) is 2.73. The number of nitrogens with two attached hydrogens (primary N) is 1. The third-order valence-corrected chi connectivity index (χ3v) is 3.54. The molecule has 0 fully saturated rings. The minimum Gasteiger partial charge on any atom is -0.368 e. The van der Waals surface area contributed by atoms with Gasteiger partial charge in [-0.05, 0) is 45.4 Å². The van der Waals surface area contributed by atoms with Gasteiger partial charge in [-0.15, -0.1) is 11.3 Å². The van der Waals surface area contributed by atoms with E-state index in [1.165, 1.54) is 0 Å². The van der Waals surface area contributed by atoms with Gasteiger partial charge in [-0.1, -0.05) is 0 Å². The Labute approximate surface area is 111 Å². The van der Waals surface area contributed by atoms with Crippen molar-refractivity contribution in [2.24, 2.45) is 0 Å². The quantitative estimate of drug-likeness (QED) is 0.866. The summed E-state index contributed by atoms with van der Waals surface area (Å²) in [6, 6.07) is 2.38. The molecule has 0 saturated heterocycles. The SMILES string of the molecule is CC(CCN(C)C)Nc1nc(N)nc2sccc12. The topological polar surface area (TPSA) is 67.1 Å². The van der Waals surface area contributed by atoms with Crippen LogP contribution in [0, 0.1) is 0 Å². The van der Waals surface area contributed by atoms with Crippen molar-refractivity contribution >= 4 is 33.3 Å². The van der Waals surface area contributed by atoms with E-state index in [0.717, 1.165) is 29.0 Å². The molecule has 2 aromatic rings. The van der Waals surface area contributed by atoms with Gasteiger partial charge in [0, 0.05) is 6.04 Å². The lowest BCUT2D eigenvalue weighted by atomic mass is 10.2. The van der Waals surface area contributed by atoms with Gasteiger partial charge >= 0.3 is 0 Å². The zero-order valence-corrected chi connectivity index (χ0v) is 11.8. The molecule has 0 aliphatic heterocycles. The van der Waals surface area contributed by atoms with Crippen LogP contribution < -0.4 is 11.1 Å². The second kappa shape index (κ2) is 5.49. The number of hydrogen-bond acceptors (Lipinski definition) is 6. The van der Waals surface area contributed by atoms with Gasteiger partial charge in [0.2, 0.25) is 5.95 Å². The van der Waals surface area contributed by atoms with Crippen LogP contribution in [0.1, 0.15) is 13.3 Å². The van der Waals surface area contributed by atoms with Crippen LogP contribution in [0.4, 0.5) is 11.8 Å². The molecule has 6 heteroatoms. The predicted octanol–water partition coefficient (Wildman–Crippen LogP) is 2.03. The molecule has 5 nitrogen and oxygen atoms in total. The second-order valence-electron chi connectivity index (χ2n) is 4.71. The van der Waals surface area contributed by atoms with E-state index in [9.17, 15) is 0 Å². The van der Waals surface area contributed by atoms with Crippen molar-refractivity contribution in [2.45, 2.75) is 19.4 Å². The van der Waals surface area contributed by atoms with Gasteiger partial charge in [-0.25, -0.2) is 4.98 Å². The van der Waals surface area contributed by atoms with Gasteiger partial charge in [0.1, 0.15) is 10.6 Å². The Morgan fingerprint density at radius 1 is 1.44 bits per heavy atom. The van der Waals surface area contributed by atoms with Gasteiger partial charge in [0.25, 0.3) is 0 Å². The van der Waals surface area contributed by atoms with Gasteiger partial charge in [-0.3, -0.25) is 0 Å². The summed E-state index contributed by atoms with van der Waals surface area (Å²) in [5.74, 6) is 1.16. The van der Waals surface area contributed by atoms with E-state index in [2.05, 4.69) is 41.2 Å². The third kappa shape index (κ3) is 3.08. The summed E-state index contributed by atoms with van der Waals surface area (Å²) in [4.78, 5) is 11.6. The number of rotatable bonds is 5. The largest absolute Gasteiger partial charge is 0.368 e. The molecule has 98 valence electrons. The van der Waals surface area contributed by atoms with Gasteiger partial charge in [0.05, 0.1) is 5.39 Å². The van der Waals surface area contributed by atoms with Crippen molar-refractivity contribution in [2.75, 3.05) is 31.7 Å². The summed E-state index contributed by atoms with van der Waals surface area (Å²) in [6.45, 7) is 3.20. The highest BCUT2D eigenvalue weighted by Gasteiger charge is 2.10. The molecule has 2 rings (SSSR count). The molecule has 0 aliphatic rings. The number of nitrogens with one attached hydrogen (secondary N) is 1. The Bertz CT molecular complexity index is 522. The summed E-state index contributed by atoms with van der Waals surface area (Å²) in [5.41, 5.74) is 5.72. The molecule has 1 atom stereocenters. The normalized spacial score (nSPS) is 13.1. The first-order chi connectivity index (χ1) is 8.56. The van der Waals surface area contributed by atoms with Crippen LogP contribution in [0.3, 0.4) is 0 Å². The highest BCUT2D eigenvalue weighted by molar-refractivity contribution is 7.16. The van der Waals surface area contributed by atoms with Crippen LogP contribution in [0.2, 0.25) is 0 Å². The van der Waals surface area contributed by atoms with Gasteiger partial charge in [-0.2, -0.15) is 4.98 Å². The molecule has 2 aromatic heterocycles. The Balaban J connectivity index is 2.13. The number of nitrogen functional groups attached to an aromatic ring is 1. The number of nitrogens with zero attached hydrogens (tertiary/aromatic N) is 3. The van der Waals surface area contributed by atoms with Crippen molar-refractivity contribution < 1.29 is 0 Å². The molecule has 0 radical (unpaired) electrons. The first-order valence-corrected chi connectivity index (χ1v) is 6.86. The Kier molecular flexibility index (Phi) is 3.98. The van der Waals surface area contributed by atoms with Gasteiger partial charge in [0.15, 0.2) is 0 Å². The summed E-state index contributed by atoms with van der Waals surface area (Å²) < 4.78 is 0. The maximum atomic E-state index is 5.72. The van der Waals surface area contributed by atoms with E-state index in [-0.39, 0.29) is 0 Å². The maximum Gasteiger partial charge on any atom is 0.223 e. The predicted molar refractivity (Wildman–Crippen MR) is 78.1 cm³/mol. The second-order valence-corrected chi connectivity index (χ2v) is 5.60. The smallest absolute Gasteiger partial charge is 0.223 e. The van der Waals surface area contributed by atoms with Crippen molar-refractivity contribution in [1.82, 2.24) is 14.9 Å². The van der Waals surface area contributed by atoms with Crippen molar-refractivity contribution in [3.05, 3.63) is 11.4 Å². The highest BCUT2D eigenvalue weighted by atomic mass is 32.1. The van der Waals surface area contributed by atoms with Crippen LogP contribution >= 0.6 is 11.3 Å². The zero-order valence-electron chi connectivity index (χ0n) is 11.0. The van der Waals surface area contributed by atoms with Crippen LogP contribution in [0.5, 0.6) is 0 Å². The fourth-order valence-corrected chi connectivity index (χ4v) is 2.51. The zero-order chi connectivity index (χ0) is 13.1. The van der Waals surface area contributed by atoms with E-state index >= 15 is 0 Å². The molecule has 1 unspecified atom stereocenters. The van der Waals surface area contributed by atoms with E-state index in [4.69, 9.17) is 5.73 Å². The van der Waals surface area contributed by atoms with Crippen LogP contribution in [0.15, 0.2) is 11.4 Å². The lowest BCUT2D eigenvalue weighted by Crippen LogP contribution is -2.23. The molecule has 0 saturated carbocycles. The van der Waals surface area contributed by atoms with E-state index in [1.807, 2.05) is 11.4 Å². The van der Waals surface area contributed by atoms with E-state index in [0.29, 0.717) is 12.0 Å². The molecule has 0 spiro atoms. The maximum absolute atomic E-state index is 5.72. The van der Waals surface area contributed by atoms with Gasteiger partial charge < -0.3 is 16.0 Å². The fraction of sp³-hybridized carbons (Fsp3) is 0.500.